The SMILES string of the molecule is CN(C)C(=O)c1ccc(Oc2nc(-c3cnc(N)s3)nc(N3CCOC4CCCCC43)n2)cc1. The fourth-order valence-electron chi connectivity index (χ4n) is 4.40. The second kappa shape index (κ2) is 9.51. The van der Waals surface area contributed by atoms with Gasteiger partial charge in [0.15, 0.2) is 11.0 Å². The molecule has 2 N–H and O–H groups in total. The number of rotatable bonds is 5. The van der Waals surface area contributed by atoms with Crippen molar-refractivity contribution in [3.63, 3.8) is 0 Å². The summed E-state index contributed by atoms with van der Waals surface area (Å²) in [5.41, 5.74) is 6.43. The number of carbonyl (C=O) groups is 1. The maximum atomic E-state index is 12.2. The summed E-state index contributed by atoms with van der Waals surface area (Å²) < 4.78 is 12.0. The van der Waals surface area contributed by atoms with Crippen LogP contribution in [-0.2, 0) is 4.74 Å². The number of nitrogen functional groups attached to an aromatic ring is 1. The lowest BCUT2D eigenvalue weighted by molar-refractivity contribution is -0.00936. The summed E-state index contributed by atoms with van der Waals surface area (Å²) in [4.78, 5) is 34.8. The molecule has 2 atom stereocenters. The first kappa shape index (κ1) is 22.5. The van der Waals surface area contributed by atoms with Crippen LogP contribution in [0, 0.1) is 0 Å². The maximum absolute atomic E-state index is 12.2. The summed E-state index contributed by atoms with van der Waals surface area (Å²) in [7, 11) is 3.44. The number of amides is 1. The lowest BCUT2D eigenvalue weighted by Crippen LogP contribution is -2.53. The van der Waals surface area contributed by atoms with Gasteiger partial charge < -0.3 is 25.0 Å². The zero-order valence-electron chi connectivity index (χ0n) is 19.2. The van der Waals surface area contributed by atoms with Crippen LogP contribution < -0.4 is 15.4 Å². The summed E-state index contributed by atoms with van der Waals surface area (Å²) >= 11 is 1.31. The topological polar surface area (TPSA) is 120 Å². The number of benzene rings is 1. The van der Waals surface area contributed by atoms with Crippen LogP contribution in [-0.4, -0.2) is 70.1 Å². The number of fused-ring (bicyclic) bond motifs is 1. The zero-order chi connectivity index (χ0) is 23.7. The number of ether oxygens (including phenoxy) is 2. The number of morpholine rings is 1. The minimum absolute atomic E-state index is 0.0755. The van der Waals surface area contributed by atoms with Crippen molar-refractivity contribution < 1.29 is 14.3 Å². The molecule has 178 valence electrons. The molecule has 3 heterocycles. The van der Waals surface area contributed by atoms with E-state index in [4.69, 9.17) is 20.2 Å². The monoisotopic (exact) mass is 481 g/mol. The standard InChI is InChI=1S/C23H27N7O3S/c1-29(2)20(31)14-7-9-15(10-8-14)33-23-27-19(18-13-25-21(24)34-18)26-22(28-23)30-11-12-32-17-6-4-3-5-16(17)30/h7-10,13,16-17H,3-6,11-12H2,1-2H3,(H2,24,25). The van der Waals surface area contributed by atoms with Crippen molar-refractivity contribution in [2.45, 2.75) is 37.8 Å². The third-order valence-electron chi connectivity index (χ3n) is 6.05. The van der Waals surface area contributed by atoms with E-state index in [1.54, 1.807) is 44.6 Å². The Hall–Kier alpha value is -3.31. The third kappa shape index (κ3) is 4.66. The van der Waals surface area contributed by atoms with Crippen LogP contribution >= 0.6 is 11.3 Å². The Balaban J connectivity index is 1.47. The molecule has 1 amide bonds. The van der Waals surface area contributed by atoms with Crippen LogP contribution in [0.3, 0.4) is 0 Å². The van der Waals surface area contributed by atoms with Crippen molar-refractivity contribution in [2.75, 3.05) is 37.9 Å². The Labute approximate surface area is 201 Å². The second-order valence-corrected chi connectivity index (χ2v) is 9.65. The Morgan fingerprint density at radius 3 is 2.71 bits per heavy atom. The average Bonchev–Trinajstić information content (AvgIpc) is 3.30. The van der Waals surface area contributed by atoms with E-state index in [-0.39, 0.29) is 24.1 Å². The van der Waals surface area contributed by atoms with E-state index >= 15 is 0 Å². The Bertz CT molecular complexity index is 1170. The van der Waals surface area contributed by atoms with Crippen molar-refractivity contribution in [2.24, 2.45) is 0 Å². The summed E-state index contributed by atoms with van der Waals surface area (Å²) in [5, 5.41) is 0.444. The molecule has 2 fully saturated rings. The molecule has 5 rings (SSSR count). The quantitative estimate of drug-likeness (QED) is 0.586. The van der Waals surface area contributed by atoms with E-state index in [0.29, 0.717) is 41.4 Å². The molecule has 0 spiro atoms. The predicted octanol–water partition coefficient (Wildman–Crippen LogP) is 3.22. The average molecular weight is 482 g/mol. The normalized spacial score (nSPS) is 20.0. The van der Waals surface area contributed by atoms with Crippen LogP contribution in [0.4, 0.5) is 11.1 Å². The Morgan fingerprint density at radius 1 is 1.18 bits per heavy atom. The molecule has 2 aromatic heterocycles. The minimum Gasteiger partial charge on any atom is -0.424 e. The summed E-state index contributed by atoms with van der Waals surface area (Å²) in [6.07, 6.45) is 6.27. The van der Waals surface area contributed by atoms with Gasteiger partial charge in [0.2, 0.25) is 5.95 Å². The van der Waals surface area contributed by atoms with Gasteiger partial charge in [0.1, 0.15) is 5.75 Å². The second-order valence-electron chi connectivity index (χ2n) is 8.58. The van der Waals surface area contributed by atoms with Crippen LogP contribution in [0.2, 0.25) is 0 Å². The number of nitrogens with two attached hydrogens (primary N) is 1. The van der Waals surface area contributed by atoms with Crippen molar-refractivity contribution in [1.29, 1.82) is 0 Å². The van der Waals surface area contributed by atoms with E-state index < -0.39 is 0 Å². The molecule has 2 aliphatic rings. The van der Waals surface area contributed by atoms with Gasteiger partial charge in [0.25, 0.3) is 5.91 Å². The minimum atomic E-state index is -0.0755. The van der Waals surface area contributed by atoms with Gasteiger partial charge in [-0.3, -0.25) is 4.79 Å². The molecule has 2 unspecified atom stereocenters. The Morgan fingerprint density at radius 2 is 1.97 bits per heavy atom. The van der Waals surface area contributed by atoms with Crippen molar-refractivity contribution in [3.05, 3.63) is 36.0 Å². The first-order valence-corrected chi connectivity index (χ1v) is 12.1. The number of carbonyl (C=O) groups excluding carboxylic acids is 1. The van der Waals surface area contributed by atoms with Crippen molar-refractivity contribution in [1.82, 2.24) is 24.8 Å². The van der Waals surface area contributed by atoms with Gasteiger partial charge in [-0.2, -0.15) is 15.0 Å². The van der Waals surface area contributed by atoms with E-state index in [9.17, 15) is 4.79 Å². The highest BCUT2D eigenvalue weighted by Crippen LogP contribution is 2.33. The number of thiazole rings is 1. The molecule has 1 saturated heterocycles. The lowest BCUT2D eigenvalue weighted by Gasteiger charge is -2.43. The molecule has 11 heteroatoms. The number of anilines is 2. The van der Waals surface area contributed by atoms with E-state index in [1.165, 1.54) is 22.7 Å². The van der Waals surface area contributed by atoms with E-state index in [0.717, 1.165) is 24.1 Å². The van der Waals surface area contributed by atoms with Gasteiger partial charge in [0.05, 0.1) is 29.8 Å². The van der Waals surface area contributed by atoms with Gasteiger partial charge in [-0.1, -0.05) is 24.2 Å². The highest BCUT2D eigenvalue weighted by atomic mass is 32.1. The zero-order valence-corrected chi connectivity index (χ0v) is 20.0. The van der Waals surface area contributed by atoms with E-state index in [2.05, 4.69) is 19.9 Å². The number of aromatic nitrogens is 4. The molecular formula is C23H27N7O3S. The number of hydrogen-bond donors (Lipinski definition) is 1. The summed E-state index contributed by atoms with van der Waals surface area (Å²) in [5.74, 6) is 1.48. The van der Waals surface area contributed by atoms with Crippen LogP contribution in [0.25, 0.3) is 10.7 Å². The van der Waals surface area contributed by atoms with Gasteiger partial charge in [-0.15, -0.1) is 0 Å². The maximum Gasteiger partial charge on any atom is 0.327 e. The summed E-state index contributed by atoms with van der Waals surface area (Å²) in [6, 6.07) is 7.32. The summed E-state index contributed by atoms with van der Waals surface area (Å²) in [6.45, 7) is 1.34. The van der Waals surface area contributed by atoms with Gasteiger partial charge in [0, 0.05) is 26.2 Å². The largest absolute Gasteiger partial charge is 0.424 e. The first-order valence-electron chi connectivity index (χ1n) is 11.3. The fraction of sp³-hybridized carbons (Fsp3) is 0.435. The molecular weight excluding hydrogens is 454 g/mol. The van der Waals surface area contributed by atoms with E-state index in [1.807, 2.05) is 0 Å². The third-order valence-corrected chi connectivity index (χ3v) is 6.88. The first-order chi connectivity index (χ1) is 16.5. The molecule has 1 aliphatic heterocycles. The van der Waals surface area contributed by atoms with Crippen molar-refractivity contribution >= 4 is 28.3 Å². The molecule has 0 radical (unpaired) electrons. The molecule has 1 saturated carbocycles. The van der Waals surface area contributed by atoms with Gasteiger partial charge in [-0.25, -0.2) is 4.98 Å². The fourth-order valence-corrected chi connectivity index (χ4v) is 5.01. The Kier molecular flexibility index (Phi) is 6.29. The molecule has 10 nitrogen and oxygen atoms in total. The smallest absolute Gasteiger partial charge is 0.327 e. The highest BCUT2D eigenvalue weighted by Gasteiger charge is 2.36. The van der Waals surface area contributed by atoms with Gasteiger partial charge >= 0.3 is 6.01 Å². The molecule has 0 bridgehead atoms. The lowest BCUT2D eigenvalue weighted by atomic mass is 9.90. The van der Waals surface area contributed by atoms with Gasteiger partial charge in [-0.05, 0) is 37.1 Å². The number of hydrogen-bond acceptors (Lipinski definition) is 10. The molecule has 3 aromatic rings. The molecule has 34 heavy (non-hydrogen) atoms. The number of nitrogens with zero attached hydrogens (tertiary/aromatic N) is 6. The van der Waals surface area contributed by atoms with Crippen LogP contribution in [0.1, 0.15) is 36.0 Å². The highest BCUT2D eigenvalue weighted by molar-refractivity contribution is 7.18. The van der Waals surface area contributed by atoms with Crippen molar-refractivity contribution in [3.8, 4) is 22.5 Å². The van der Waals surface area contributed by atoms with Crippen LogP contribution in [0.15, 0.2) is 30.5 Å². The molecule has 1 aliphatic carbocycles. The van der Waals surface area contributed by atoms with Crippen LogP contribution in [0.5, 0.6) is 11.8 Å². The molecule has 1 aromatic carbocycles. The predicted molar refractivity (Wildman–Crippen MR) is 129 cm³/mol.